The quantitative estimate of drug-likeness (QED) is 0.0506. The third kappa shape index (κ3) is 8.95. The molecule has 0 atom stereocenters. The standard InChI is InChI=1S/C48H54FN7O3Si/c1-34(2)56-45-43(31-41(53-44(45)35(3)54-56)40-21-16-26-51-46(40)49)55(32-36-22-24-37(57-7)25-23-36)33-42-47(52-28-27-50-42)58-29-14-15-30-59-60(48(4,5)6,38-17-10-8-11-18-38)39-19-12-9-13-20-39/h8-13,16-28,31,34H,14-15,29-30,32-33H2,1-7H3. The molecular formula is C48H54FN7O3Si. The second kappa shape index (κ2) is 18.5. The van der Waals surface area contributed by atoms with Crippen molar-refractivity contribution in [2.75, 3.05) is 25.2 Å². The van der Waals surface area contributed by atoms with Crippen molar-refractivity contribution in [1.29, 1.82) is 0 Å². The summed E-state index contributed by atoms with van der Waals surface area (Å²) in [6.07, 6.45) is 6.36. The summed E-state index contributed by atoms with van der Waals surface area (Å²) in [4.78, 5) is 20.6. The summed E-state index contributed by atoms with van der Waals surface area (Å²) >= 11 is 0. The van der Waals surface area contributed by atoms with Crippen LogP contribution < -0.4 is 24.7 Å². The summed E-state index contributed by atoms with van der Waals surface area (Å²) in [5.41, 5.74) is 5.58. The lowest BCUT2D eigenvalue weighted by Gasteiger charge is -2.43. The lowest BCUT2D eigenvalue weighted by atomic mass is 10.1. The third-order valence-electron chi connectivity index (χ3n) is 10.8. The van der Waals surface area contributed by atoms with Gasteiger partial charge in [0.2, 0.25) is 11.8 Å². The maximum atomic E-state index is 15.3. The van der Waals surface area contributed by atoms with E-state index in [1.165, 1.54) is 16.6 Å². The van der Waals surface area contributed by atoms with Crippen LogP contribution >= 0.6 is 0 Å². The van der Waals surface area contributed by atoms with Crippen molar-refractivity contribution in [3.8, 4) is 22.9 Å². The van der Waals surface area contributed by atoms with E-state index >= 15 is 4.39 Å². The van der Waals surface area contributed by atoms with Crippen molar-refractivity contribution in [3.63, 3.8) is 0 Å². The van der Waals surface area contributed by atoms with Crippen LogP contribution in [0.1, 0.15) is 70.5 Å². The first-order valence-electron chi connectivity index (χ1n) is 20.6. The molecule has 3 aromatic carbocycles. The van der Waals surface area contributed by atoms with Crippen molar-refractivity contribution < 1.29 is 18.3 Å². The van der Waals surface area contributed by atoms with E-state index in [1.807, 2.05) is 41.9 Å². The molecule has 0 saturated carbocycles. The maximum absolute atomic E-state index is 15.3. The number of rotatable bonds is 17. The summed E-state index contributed by atoms with van der Waals surface area (Å²) in [7, 11) is -0.985. The first-order valence-corrected chi connectivity index (χ1v) is 22.5. The molecule has 0 N–H and O–H groups in total. The van der Waals surface area contributed by atoms with E-state index in [0.717, 1.165) is 41.1 Å². The van der Waals surface area contributed by atoms with E-state index in [1.54, 1.807) is 31.6 Å². The van der Waals surface area contributed by atoms with Gasteiger partial charge in [0.05, 0.1) is 42.9 Å². The predicted molar refractivity (Wildman–Crippen MR) is 239 cm³/mol. The van der Waals surface area contributed by atoms with Crippen molar-refractivity contribution in [2.24, 2.45) is 0 Å². The fourth-order valence-electron chi connectivity index (χ4n) is 7.89. The van der Waals surface area contributed by atoms with E-state index in [4.69, 9.17) is 29.0 Å². The van der Waals surface area contributed by atoms with Gasteiger partial charge in [-0.15, -0.1) is 0 Å². The van der Waals surface area contributed by atoms with Gasteiger partial charge in [0.1, 0.15) is 22.5 Å². The molecule has 0 amide bonds. The minimum Gasteiger partial charge on any atom is -0.497 e. The molecule has 4 aromatic heterocycles. The second-order valence-electron chi connectivity index (χ2n) is 16.3. The van der Waals surface area contributed by atoms with Crippen LogP contribution in [-0.2, 0) is 17.5 Å². The number of methoxy groups -OCH3 is 1. The molecular weight excluding hydrogens is 770 g/mol. The lowest BCUT2D eigenvalue weighted by Crippen LogP contribution is -2.66. The van der Waals surface area contributed by atoms with Gasteiger partial charge in [0, 0.05) is 37.8 Å². The summed E-state index contributed by atoms with van der Waals surface area (Å²) in [6.45, 7) is 14.9. The Kier molecular flexibility index (Phi) is 13.0. The smallest absolute Gasteiger partial charge is 0.261 e. The number of halogens is 1. The van der Waals surface area contributed by atoms with Crippen LogP contribution in [0.4, 0.5) is 10.1 Å². The van der Waals surface area contributed by atoms with Gasteiger partial charge in [0.25, 0.3) is 8.32 Å². The number of aryl methyl sites for hydroxylation is 1. The zero-order valence-electron chi connectivity index (χ0n) is 35.6. The fraction of sp³-hybridized carbons (Fsp3) is 0.312. The van der Waals surface area contributed by atoms with E-state index in [-0.39, 0.29) is 11.1 Å². The van der Waals surface area contributed by atoms with Crippen molar-refractivity contribution in [3.05, 3.63) is 145 Å². The molecule has 0 saturated heterocycles. The molecule has 7 aromatic rings. The Morgan fingerprint density at radius 3 is 2.08 bits per heavy atom. The number of anilines is 1. The molecule has 0 aliphatic rings. The average molecular weight is 824 g/mol. The minimum absolute atomic E-state index is 0.0292. The van der Waals surface area contributed by atoms with E-state index in [0.29, 0.717) is 54.7 Å². The van der Waals surface area contributed by atoms with Gasteiger partial charge in [-0.05, 0) is 84.9 Å². The van der Waals surface area contributed by atoms with Crippen molar-refractivity contribution in [1.82, 2.24) is 29.7 Å². The molecule has 0 bridgehead atoms. The summed E-state index contributed by atoms with van der Waals surface area (Å²) in [6, 6.07) is 34.8. The third-order valence-corrected chi connectivity index (χ3v) is 15.8. The number of nitrogens with zero attached hydrogens (tertiary/aromatic N) is 7. The second-order valence-corrected chi connectivity index (χ2v) is 20.6. The average Bonchev–Trinajstić information content (AvgIpc) is 3.60. The Labute approximate surface area is 353 Å². The van der Waals surface area contributed by atoms with Gasteiger partial charge in [-0.3, -0.25) is 9.67 Å². The first kappa shape index (κ1) is 42.2. The predicted octanol–water partition coefficient (Wildman–Crippen LogP) is 9.26. The largest absolute Gasteiger partial charge is 0.497 e. The Morgan fingerprint density at radius 1 is 0.783 bits per heavy atom. The number of ether oxygens (including phenoxy) is 2. The van der Waals surface area contributed by atoms with Crippen LogP contribution in [0, 0.1) is 12.9 Å². The number of fused-ring (bicyclic) bond motifs is 1. The molecule has 12 heteroatoms. The molecule has 0 unspecified atom stereocenters. The van der Waals surface area contributed by atoms with Crippen molar-refractivity contribution in [2.45, 2.75) is 78.6 Å². The summed E-state index contributed by atoms with van der Waals surface area (Å²) in [5.74, 6) is 0.635. The minimum atomic E-state index is -2.64. The normalized spacial score (nSPS) is 11.9. The summed E-state index contributed by atoms with van der Waals surface area (Å²) < 4.78 is 36.3. The monoisotopic (exact) mass is 823 g/mol. The number of hydrogen-bond donors (Lipinski definition) is 0. The number of aromatic nitrogens is 6. The number of unbranched alkanes of at least 4 members (excludes halogenated alkanes) is 1. The molecule has 0 fully saturated rings. The zero-order chi connectivity index (χ0) is 42.3. The highest BCUT2D eigenvalue weighted by Gasteiger charge is 2.50. The van der Waals surface area contributed by atoms with E-state index in [9.17, 15) is 0 Å². The molecule has 7 rings (SSSR count). The number of hydrogen-bond acceptors (Lipinski definition) is 9. The molecule has 10 nitrogen and oxygen atoms in total. The van der Waals surface area contributed by atoms with Gasteiger partial charge in [-0.1, -0.05) is 93.6 Å². The van der Waals surface area contributed by atoms with Crippen LogP contribution in [0.25, 0.3) is 22.3 Å². The van der Waals surface area contributed by atoms with Crippen LogP contribution in [0.3, 0.4) is 0 Å². The Morgan fingerprint density at radius 2 is 1.45 bits per heavy atom. The Balaban J connectivity index is 1.16. The highest BCUT2D eigenvalue weighted by molar-refractivity contribution is 6.99. The molecule has 310 valence electrons. The highest BCUT2D eigenvalue weighted by atomic mass is 28.4. The van der Waals surface area contributed by atoms with Gasteiger partial charge < -0.3 is 18.8 Å². The molecule has 0 aliphatic carbocycles. The van der Waals surface area contributed by atoms with Crippen LogP contribution in [-0.4, -0.2) is 58.4 Å². The fourth-order valence-corrected chi connectivity index (χ4v) is 12.5. The first-order chi connectivity index (χ1) is 29.0. The van der Waals surface area contributed by atoms with Crippen molar-refractivity contribution >= 4 is 35.4 Å². The van der Waals surface area contributed by atoms with E-state index < -0.39 is 14.3 Å². The SMILES string of the molecule is COc1ccc(CN(Cc2nccnc2OCCCCO[Si](c2ccccc2)(c2ccccc2)C(C)(C)C)c2cc(-c3cccnc3F)nc3c(C)nn(C(C)C)c23)cc1. The maximum Gasteiger partial charge on any atom is 0.261 e. The van der Waals surface area contributed by atoms with E-state index in [2.05, 4.69) is 110 Å². The zero-order valence-corrected chi connectivity index (χ0v) is 36.6. The van der Waals surface area contributed by atoms with Gasteiger partial charge in [-0.2, -0.15) is 9.49 Å². The van der Waals surface area contributed by atoms with Gasteiger partial charge in [0.15, 0.2) is 0 Å². The number of benzene rings is 3. The summed E-state index contributed by atoms with van der Waals surface area (Å²) in [5, 5.41) is 7.34. The lowest BCUT2D eigenvalue weighted by molar-refractivity contribution is 0.251. The van der Waals surface area contributed by atoms with Gasteiger partial charge >= 0.3 is 0 Å². The Hall–Kier alpha value is -5.98. The highest BCUT2D eigenvalue weighted by Crippen LogP contribution is 2.38. The Bertz CT molecular complexity index is 2450. The molecule has 4 heterocycles. The van der Waals surface area contributed by atoms with Gasteiger partial charge in [-0.25, -0.2) is 15.0 Å². The van der Waals surface area contributed by atoms with Crippen LogP contribution in [0.5, 0.6) is 11.6 Å². The molecule has 0 spiro atoms. The van der Waals surface area contributed by atoms with Crippen LogP contribution in [0.2, 0.25) is 5.04 Å². The molecule has 0 radical (unpaired) electrons. The molecule has 60 heavy (non-hydrogen) atoms. The van der Waals surface area contributed by atoms with Crippen LogP contribution in [0.15, 0.2) is 122 Å². The molecule has 0 aliphatic heterocycles. The number of pyridine rings is 2. The topological polar surface area (TPSA) is 100 Å².